The summed E-state index contributed by atoms with van der Waals surface area (Å²) in [5.74, 6) is -1.27. The molecule has 1 aliphatic carbocycles. The summed E-state index contributed by atoms with van der Waals surface area (Å²) in [7, 11) is 0. The Morgan fingerprint density at radius 1 is 1.53 bits per heavy atom. The van der Waals surface area contributed by atoms with Crippen LogP contribution in [0.5, 0.6) is 0 Å². The molecule has 0 fully saturated rings. The number of aryl methyl sites for hydroxylation is 1. The Kier molecular flexibility index (Phi) is 3.48. The predicted octanol–water partition coefficient (Wildman–Crippen LogP) is 2.65. The molecule has 0 bridgehead atoms. The summed E-state index contributed by atoms with van der Waals surface area (Å²) in [6.07, 6.45) is 1.23. The molecule has 3 nitrogen and oxygen atoms in total. The summed E-state index contributed by atoms with van der Waals surface area (Å²) in [6.45, 7) is 2.03. The number of fused-ring (bicyclic) bond motifs is 1. The number of carbonyl (C=O) groups excluding carboxylic acids is 2. The third-order valence-electron chi connectivity index (χ3n) is 2.93. The second-order valence-electron chi connectivity index (χ2n) is 4.01. The number of rotatable bonds is 2. The molecule has 0 aliphatic heterocycles. The maximum atomic E-state index is 12.1. The van der Waals surface area contributed by atoms with Gasteiger partial charge in [-0.25, -0.2) is 0 Å². The highest BCUT2D eigenvalue weighted by atomic mass is 35.5. The fourth-order valence-corrected chi connectivity index (χ4v) is 2.25. The van der Waals surface area contributed by atoms with Gasteiger partial charge in [0.1, 0.15) is 5.92 Å². The highest BCUT2D eigenvalue weighted by Crippen LogP contribution is 2.28. The summed E-state index contributed by atoms with van der Waals surface area (Å²) < 4.78 is 4.90. The molecule has 0 amide bonds. The Morgan fingerprint density at radius 3 is 3.00 bits per heavy atom. The Labute approximate surface area is 105 Å². The van der Waals surface area contributed by atoms with Gasteiger partial charge >= 0.3 is 5.97 Å². The molecule has 0 spiro atoms. The average molecular weight is 253 g/mol. The van der Waals surface area contributed by atoms with Crippen molar-refractivity contribution in [1.29, 1.82) is 0 Å². The smallest absolute Gasteiger partial charge is 0.316 e. The van der Waals surface area contributed by atoms with Crippen LogP contribution in [0.15, 0.2) is 18.2 Å². The largest absolute Gasteiger partial charge is 0.465 e. The number of benzene rings is 1. The zero-order valence-electron chi connectivity index (χ0n) is 9.53. The number of esters is 1. The lowest BCUT2D eigenvalue weighted by atomic mass is 9.83. The van der Waals surface area contributed by atoms with Crippen LogP contribution in [0.4, 0.5) is 0 Å². The van der Waals surface area contributed by atoms with Crippen LogP contribution in [-0.2, 0) is 16.0 Å². The fraction of sp³-hybridized carbons (Fsp3) is 0.385. The van der Waals surface area contributed by atoms with E-state index in [0.717, 1.165) is 5.56 Å². The molecule has 2 rings (SSSR count). The molecule has 1 aromatic rings. The van der Waals surface area contributed by atoms with Crippen LogP contribution >= 0.6 is 11.6 Å². The fourth-order valence-electron chi connectivity index (χ4n) is 2.08. The number of hydrogen-bond donors (Lipinski definition) is 0. The number of ether oxygens (including phenoxy) is 1. The number of hydrogen-bond acceptors (Lipinski definition) is 3. The Morgan fingerprint density at radius 2 is 2.29 bits per heavy atom. The van der Waals surface area contributed by atoms with Crippen LogP contribution in [0.3, 0.4) is 0 Å². The summed E-state index contributed by atoms with van der Waals surface area (Å²) in [5, 5.41) is 0.515. The molecule has 90 valence electrons. The van der Waals surface area contributed by atoms with Crippen molar-refractivity contribution >= 4 is 23.4 Å². The van der Waals surface area contributed by atoms with Gasteiger partial charge in [-0.15, -0.1) is 0 Å². The highest BCUT2D eigenvalue weighted by molar-refractivity contribution is 6.31. The monoisotopic (exact) mass is 252 g/mol. The van der Waals surface area contributed by atoms with Gasteiger partial charge in [0.05, 0.1) is 6.61 Å². The van der Waals surface area contributed by atoms with Gasteiger partial charge in [-0.1, -0.05) is 17.7 Å². The van der Waals surface area contributed by atoms with E-state index in [2.05, 4.69) is 0 Å². The number of Topliss-reactive ketones (excluding diaryl/α,β-unsaturated/α-hetero) is 1. The number of carbonyl (C=O) groups is 2. The van der Waals surface area contributed by atoms with Gasteiger partial charge in [-0.05, 0) is 37.5 Å². The molecular formula is C13H13ClO3. The van der Waals surface area contributed by atoms with E-state index in [-0.39, 0.29) is 5.78 Å². The lowest BCUT2D eigenvalue weighted by Gasteiger charge is -2.21. The van der Waals surface area contributed by atoms with Gasteiger partial charge in [-0.2, -0.15) is 0 Å². The second-order valence-corrected chi connectivity index (χ2v) is 4.45. The van der Waals surface area contributed by atoms with Gasteiger partial charge in [-0.3, -0.25) is 9.59 Å². The molecule has 0 N–H and O–H groups in total. The molecule has 0 aromatic heterocycles. The molecule has 1 unspecified atom stereocenters. The van der Waals surface area contributed by atoms with Crippen molar-refractivity contribution in [2.75, 3.05) is 6.61 Å². The van der Waals surface area contributed by atoms with Gasteiger partial charge < -0.3 is 4.74 Å². The van der Waals surface area contributed by atoms with Crippen LogP contribution in [0.2, 0.25) is 5.02 Å². The molecule has 1 aliphatic rings. The van der Waals surface area contributed by atoms with E-state index in [9.17, 15) is 9.59 Å². The van der Waals surface area contributed by atoms with Crippen molar-refractivity contribution in [2.24, 2.45) is 5.92 Å². The summed E-state index contributed by atoms with van der Waals surface area (Å²) >= 11 is 5.86. The highest BCUT2D eigenvalue weighted by Gasteiger charge is 2.33. The van der Waals surface area contributed by atoms with E-state index < -0.39 is 11.9 Å². The third kappa shape index (κ3) is 2.34. The molecule has 0 saturated heterocycles. The Balaban J connectivity index is 2.29. The molecule has 0 heterocycles. The average Bonchev–Trinajstić information content (AvgIpc) is 2.30. The summed E-state index contributed by atoms with van der Waals surface area (Å²) in [5.41, 5.74) is 1.52. The van der Waals surface area contributed by atoms with Crippen molar-refractivity contribution in [3.05, 3.63) is 34.3 Å². The minimum atomic E-state index is -0.666. The van der Waals surface area contributed by atoms with Crippen molar-refractivity contribution < 1.29 is 14.3 Å². The van der Waals surface area contributed by atoms with Gasteiger partial charge in [0.25, 0.3) is 0 Å². The molecule has 1 aromatic carbocycles. The number of ketones is 1. The normalized spacial score (nSPS) is 18.7. The molecular weight excluding hydrogens is 240 g/mol. The molecule has 4 heteroatoms. The Hall–Kier alpha value is -1.35. The molecule has 0 radical (unpaired) electrons. The van der Waals surface area contributed by atoms with Crippen LogP contribution in [0, 0.1) is 5.92 Å². The molecule has 17 heavy (non-hydrogen) atoms. The minimum Gasteiger partial charge on any atom is -0.465 e. The minimum absolute atomic E-state index is 0.174. The van der Waals surface area contributed by atoms with E-state index in [1.165, 1.54) is 0 Å². The van der Waals surface area contributed by atoms with Crippen molar-refractivity contribution in [1.82, 2.24) is 0 Å². The van der Waals surface area contributed by atoms with Gasteiger partial charge in [0, 0.05) is 10.6 Å². The van der Waals surface area contributed by atoms with Crippen LogP contribution in [0.1, 0.15) is 29.3 Å². The summed E-state index contributed by atoms with van der Waals surface area (Å²) in [6, 6.07) is 5.24. The first-order chi connectivity index (χ1) is 8.13. The van der Waals surface area contributed by atoms with Crippen molar-refractivity contribution in [3.8, 4) is 0 Å². The topological polar surface area (TPSA) is 43.4 Å². The first-order valence-electron chi connectivity index (χ1n) is 5.62. The Bertz CT molecular complexity index is 468. The zero-order chi connectivity index (χ0) is 12.4. The van der Waals surface area contributed by atoms with Gasteiger partial charge in [0.2, 0.25) is 0 Å². The van der Waals surface area contributed by atoms with E-state index in [1.54, 1.807) is 19.1 Å². The third-order valence-corrected chi connectivity index (χ3v) is 3.16. The van der Waals surface area contributed by atoms with Crippen molar-refractivity contribution in [3.63, 3.8) is 0 Å². The van der Waals surface area contributed by atoms with Crippen LogP contribution in [-0.4, -0.2) is 18.4 Å². The van der Waals surface area contributed by atoms with Crippen LogP contribution < -0.4 is 0 Å². The standard InChI is InChI=1S/C13H13ClO3/c1-2-17-13(16)10-6-4-8-3-5-9(14)7-11(8)12(10)15/h3,5,7,10H,2,4,6H2,1H3. The van der Waals surface area contributed by atoms with E-state index in [4.69, 9.17) is 16.3 Å². The maximum Gasteiger partial charge on any atom is 0.316 e. The van der Waals surface area contributed by atoms with Gasteiger partial charge in [0.15, 0.2) is 5.78 Å². The van der Waals surface area contributed by atoms with Crippen LogP contribution in [0.25, 0.3) is 0 Å². The van der Waals surface area contributed by atoms with Crippen molar-refractivity contribution in [2.45, 2.75) is 19.8 Å². The first-order valence-corrected chi connectivity index (χ1v) is 6.00. The van der Waals surface area contributed by atoms with E-state index >= 15 is 0 Å². The second kappa shape index (κ2) is 4.88. The summed E-state index contributed by atoms with van der Waals surface area (Å²) in [4.78, 5) is 23.8. The maximum absolute atomic E-state index is 12.1. The number of halogens is 1. The zero-order valence-corrected chi connectivity index (χ0v) is 10.3. The SMILES string of the molecule is CCOC(=O)C1CCc2ccc(Cl)cc2C1=O. The first kappa shape index (κ1) is 12.1. The van der Waals surface area contributed by atoms with E-state index in [1.807, 2.05) is 6.07 Å². The van der Waals surface area contributed by atoms with E-state index in [0.29, 0.717) is 30.0 Å². The molecule has 0 saturated carbocycles. The lowest BCUT2D eigenvalue weighted by Crippen LogP contribution is -2.30. The predicted molar refractivity (Wildman–Crippen MR) is 64.2 cm³/mol. The molecule has 1 atom stereocenters. The quantitative estimate of drug-likeness (QED) is 0.600. The lowest BCUT2D eigenvalue weighted by molar-refractivity contribution is -0.146.